The predicted octanol–water partition coefficient (Wildman–Crippen LogP) is 4.82. The van der Waals surface area contributed by atoms with Gasteiger partial charge in [-0.1, -0.05) is 39.0 Å². The molecule has 4 aliphatic rings. The number of carbonyl (C=O) groups excluding carboxylic acids is 2. The Kier molecular flexibility index (Phi) is 4.78. The van der Waals surface area contributed by atoms with E-state index in [-0.39, 0.29) is 22.7 Å². The fourth-order valence-electron chi connectivity index (χ4n) is 6.56. The van der Waals surface area contributed by atoms with Crippen LogP contribution in [0.1, 0.15) is 59.3 Å². The maximum atomic E-state index is 12.6. The summed E-state index contributed by atoms with van der Waals surface area (Å²) in [7, 11) is 0. The Labute approximate surface area is 162 Å². The minimum atomic E-state index is -0.139. The Morgan fingerprint density at radius 2 is 2.00 bits per heavy atom. The number of hydrogen-bond acceptors (Lipinski definition) is 3. The Hall–Kier alpha value is -1.48. The highest BCUT2D eigenvalue weighted by atomic mass is 16.5. The van der Waals surface area contributed by atoms with E-state index in [2.05, 4.69) is 39.0 Å². The van der Waals surface area contributed by atoms with Gasteiger partial charge in [-0.3, -0.25) is 9.59 Å². The first-order valence-corrected chi connectivity index (χ1v) is 10.7. The Morgan fingerprint density at radius 1 is 1.19 bits per heavy atom. The molecular weight excluding hydrogens is 336 g/mol. The lowest BCUT2D eigenvalue weighted by Gasteiger charge is -2.57. The van der Waals surface area contributed by atoms with Gasteiger partial charge in [0.1, 0.15) is 5.78 Å². The third kappa shape index (κ3) is 2.90. The average molecular weight is 369 g/mol. The Bertz CT molecular complexity index is 730. The van der Waals surface area contributed by atoms with E-state index in [9.17, 15) is 9.59 Å². The van der Waals surface area contributed by atoms with Crippen LogP contribution in [0, 0.1) is 28.6 Å². The second kappa shape index (κ2) is 6.84. The zero-order valence-corrected chi connectivity index (χ0v) is 16.9. The number of Topliss-reactive ketones (excluding diaryl/α,β-unsaturated/α-hetero) is 1. The van der Waals surface area contributed by atoms with E-state index in [1.165, 1.54) is 0 Å². The van der Waals surface area contributed by atoms with E-state index in [0.29, 0.717) is 30.1 Å². The molecule has 3 heteroatoms. The molecule has 6 unspecified atom stereocenters. The SMILES string of the molecule is CC/C=C\COC1CC2C(CCC3(C)C(=O)CCC23)C2(C)C=CC(=O)C=C12. The van der Waals surface area contributed by atoms with Crippen LogP contribution in [0.15, 0.2) is 36.0 Å². The molecule has 0 aromatic heterocycles. The number of hydrogen-bond donors (Lipinski definition) is 0. The fraction of sp³-hybridized carbons (Fsp3) is 0.667. The highest BCUT2D eigenvalue weighted by Gasteiger charge is 2.60. The second-order valence-corrected chi connectivity index (χ2v) is 9.35. The van der Waals surface area contributed by atoms with Gasteiger partial charge in [-0.25, -0.2) is 0 Å². The molecule has 0 saturated heterocycles. The summed E-state index contributed by atoms with van der Waals surface area (Å²) in [5.41, 5.74) is 0.900. The molecule has 3 saturated carbocycles. The summed E-state index contributed by atoms with van der Waals surface area (Å²) in [6.45, 7) is 7.20. The van der Waals surface area contributed by atoms with Gasteiger partial charge in [0.15, 0.2) is 5.78 Å². The molecule has 4 aliphatic carbocycles. The minimum absolute atomic E-state index is 0.0234. The molecule has 0 amide bonds. The molecule has 0 spiro atoms. The Morgan fingerprint density at radius 3 is 2.78 bits per heavy atom. The van der Waals surface area contributed by atoms with Crippen molar-refractivity contribution in [2.75, 3.05) is 6.61 Å². The molecule has 146 valence electrons. The van der Waals surface area contributed by atoms with Crippen LogP contribution in [0.3, 0.4) is 0 Å². The van der Waals surface area contributed by atoms with Gasteiger partial charge in [0.05, 0.1) is 12.7 Å². The van der Waals surface area contributed by atoms with E-state index in [1.807, 2.05) is 6.08 Å². The number of allylic oxidation sites excluding steroid dienone is 4. The quantitative estimate of drug-likeness (QED) is 0.668. The van der Waals surface area contributed by atoms with Crippen LogP contribution in [0.4, 0.5) is 0 Å². The van der Waals surface area contributed by atoms with E-state index in [4.69, 9.17) is 4.74 Å². The highest BCUT2D eigenvalue weighted by Crippen LogP contribution is 2.63. The van der Waals surface area contributed by atoms with Gasteiger partial charge in [-0.05, 0) is 67.6 Å². The number of carbonyl (C=O) groups is 2. The molecule has 0 radical (unpaired) electrons. The maximum Gasteiger partial charge on any atom is 0.178 e. The van der Waals surface area contributed by atoms with Crippen molar-refractivity contribution in [1.82, 2.24) is 0 Å². The van der Waals surface area contributed by atoms with Crippen molar-refractivity contribution in [3.8, 4) is 0 Å². The lowest BCUT2D eigenvalue weighted by molar-refractivity contribution is -0.133. The number of rotatable bonds is 4. The second-order valence-electron chi connectivity index (χ2n) is 9.35. The van der Waals surface area contributed by atoms with Crippen LogP contribution in [0.5, 0.6) is 0 Å². The van der Waals surface area contributed by atoms with Gasteiger partial charge in [0.25, 0.3) is 0 Å². The normalized spacial score (nSPS) is 43.4. The maximum absolute atomic E-state index is 12.6. The molecule has 0 bridgehead atoms. The van der Waals surface area contributed by atoms with Gasteiger partial charge in [-0.15, -0.1) is 0 Å². The molecular formula is C24H32O3. The third-order valence-electron chi connectivity index (χ3n) is 8.06. The van der Waals surface area contributed by atoms with E-state index in [1.54, 1.807) is 6.08 Å². The molecule has 0 aromatic carbocycles. The molecule has 3 fully saturated rings. The summed E-state index contributed by atoms with van der Waals surface area (Å²) in [5.74, 6) is 2.01. The van der Waals surface area contributed by atoms with Gasteiger partial charge in [0, 0.05) is 17.3 Å². The van der Waals surface area contributed by atoms with Crippen LogP contribution >= 0.6 is 0 Å². The van der Waals surface area contributed by atoms with E-state index >= 15 is 0 Å². The summed E-state index contributed by atoms with van der Waals surface area (Å²) in [6.07, 6.45) is 15.7. The van der Waals surface area contributed by atoms with Gasteiger partial charge < -0.3 is 4.74 Å². The van der Waals surface area contributed by atoms with Crippen LogP contribution in [-0.4, -0.2) is 24.3 Å². The topological polar surface area (TPSA) is 43.4 Å². The fourth-order valence-corrected chi connectivity index (χ4v) is 6.56. The van der Waals surface area contributed by atoms with Crippen molar-refractivity contribution in [2.45, 2.75) is 65.4 Å². The molecule has 0 aromatic rings. The van der Waals surface area contributed by atoms with E-state index in [0.717, 1.165) is 44.1 Å². The smallest absolute Gasteiger partial charge is 0.178 e. The van der Waals surface area contributed by atoms with Crippen molar-refractivity contribution in [3.63, 3.8) is 0 Å². The summed E-state index contributed by atoms with van der Waals surface area (Å²) in [5, 5.41) is 0. The van der Waals surface area contributed by atoms with Gasteiger partial charge in [-0.2, -0.15) is 0 Å². The lowest BCUT2D eigenvalue weighted by atomic mass is 9.48. The Balaban J connectivity index is 1.67. The van der Waals surface area contributed by atoms with Crippen LogP contribution < -0.4 is 0 Å². The monoisotopic (exact) mass is 368 g/mol. The summed E-state index contributed by atoms with van der Waals surface area (Å²) < 4.78 is 6.30. The first-order chi connectivity index (χ1) is 12.9. The zero-order valence-electron chi connectivity index (χ0n) is 16.9. The molecule has 4 rings (SSSR count). The lowest BCUT2D eigenvalue weighted by Crippen LogP contribution is -2.53. The molecule has 27 heavy (non-hydrogen) atoms. The molecule has 0 N–H and O–H groups in total. The van der Waals surface area contributed by atoms with Crippen LogP contribution in [0.25, 0.3) is 0 Å². The summed E-state index contributed by atoms with van der Waals surface area (Å²) in [6, 6.07) is 0. The van der Waals surface area contributed by atoms with Crippen LogP contribution in [-0.2, 0) is 14.3 Å². The zero-order chi connectivity index (χ0) is 19.2. The number of ketones is 2. The standard InChI is InChI=1S/C24H32O3/c1-4-5-6-13-27-21-15-17-18-7-8-22(26)24(18,3)12-10-19(17)23(2)11-9-16(25)14-20(21)23/h5-6,9,11,14,17-19,21H,4,7-8,10,12-13,15H2,1-3H3/b6-5-. The van der Waals surface area contributed by atoms with Crippen molar-refractivity contribution >= 4 is 11.6 Å². The molecule has 6 atom stereocenters. The van der Waals surface area contributed by atoms with Crippen molar-refractivity contribution in [1.29, 1.82) is 0 Å². The van der Waals surface area contributed by atoms with E-state index < -0.39 is 0 Å². The largest absolute Gasteiger partial charge is 0.370 e. The first-order valence-electron chi connectivity index (χ1n) is 10.7. The number of fused-ring (bicyclic) bond motifs is 5. The van der Waals surface area contributed by atoms with Gasteiger partial charge >= 0.3 is 0 Å². The number of ether oxygens (including phenoxy) is 1. The predicted molar refractivity (Wildman–Crippen MR) is 106 cm³/mol. The minimum Gasteiger partial charge on any atom is -0.370 e. The molecule has 0 aliphatic heterocycles. The highest BCUT2D eigenvalue weighted by molar-refractivity contribution is 6.01. The first kappa shape index (κ1) is 18.9. The van der Waals surface area contributed by atoms with Crippen molar-refractivity contribution in [3.05, 3.63) is 36.0 Å². The van der Waals surface area contributed by atoms with Crippen LogP contribution in [0.2, 0.25) is 0 Å². The third-order valence-corrected chi connectivity index (χ3v) is 8.06. The van der Waals surface area contributed by atoms with Gasteiger partial charge in [0.2, 0.25) is 0 Å². The summed E-state index contributed by atoms with van der Waals surface area (Å²) >= 11 is 0. The van der Waals surface area contributed by atoms with Crippen molar-refractivity contribution < 1.29 is 14.3 Å². The van der Waals surface area contributed by atoms with Crippen molar-refractivity contribution in [2.24, 2.45) is 28.6 Å². The summed E-state index contributed by atoms with van der Waals surface area (Å²) in [4.78, 5) is 24.8. The molecule has 0 heterocycles. The average Bonchev–Trinajstić information content (AvgIpc) is 2.95. The molecule has 3 nitrogen and oxygen atoms in total.